The zero-order valence-electron chi connectivity index (χ0n) is 8.75. The van der Waals surface area contributed by atoms with Crippen molar-refractivity contribution in [3.8, 4) is 6.07 Å². The molecule has 1 saturated heterocycles. The second-order valence-corrected chi connectivity index (χ2v) is 5.45. The first-order valence-electron chi connectivity index (χ1n) is 4.99. The second-order valence-electron chi connectivity index (χ2n) is 4.28. The van der Waals surface area contributed by atoms with E-state index in [4.69, 9.17) is 10.00 Å². The standard InChI is InChI=1S/C11H14N2OS/c1-11(7-14-8-11)6-13-5-10-3-2-9(4-12)15-10/h2-3,13H,5-8H2,1H3. The molecule has 4 heteroatoms. The van der Waals surface area contributed by atoms with Crippen molar-refractivity contribution in [2.75, 3.05) is 19.8 Å². The van der Waals surface area contributed by atoms with Crippen molar-refractivity contribution in [3.05, 3.63) is 21.9 Å². The van der Waals surface area contributed by atoms with Crippen LogP contribution in [-0.4, -0.2) is 19.8 Å². The van der Waals surface area contributed by atoms with E-state index < -0.39 is 0 Å². The van der Waals surface area contributed by atoms with Crippen LogP contribution in [0.4, 0.5) is 0 Å². The Hall–Kier alpha value is -0.890. The van der Waals surface area contributed by atoms with Gasteiger partial charge in [-0.05, 0) is 12.1 Å². The predicted molar refractivity (Wildman–Crippen MR) is 59.7 cm³/mol. The number of rotatable bonds is 4. The van der Waals surface area contributed by atoms with E-state index in [2.05, 4.69) is 18.3 Å². The van der Waals surface area contributed by atoms with Crippen molar-refractivity contribution in [2.24, 2.45) is 5.41 Å². The van der Waals surface area contributed by atoms with Gasteiger partial charge in [0.15, 0.2) is 0 Å². The van der Waals surface area contributed by atoms with Crippen molar-refractivity contribution in [2.45, 2.75) is 13.5 Å². The number of hydrogen-bond donors (Lipinski definition) is 1. The average molecular weight is 222 g/mol. The summed E-state index contributed by atoms with van der Waals surface area (Å²) in [5.74, 6) is 0. The molecule has 0 aromatic carbocycles. The molecule has 0 radical (unpaired) electrons. The van der Waals surface area contributed by atoms with E-state index >= 15 is 0 Å². The molecule has 3 nitrogen and oxygen atoms in total. The molecule has 1 aliphatic heterocycles. The Morgan fingerprint density at radius 3 is 2.93 bits per heavy atom. The third-order valence-corrected chi connectivity index (χ3v) is 3.51. The first-order chi connectivity index (χ1) is 7.22. The molecule has 0 amide bonds. The van der Waals surface area contributed by atoms with Gasteiger partial charge in [-0.15, -0.1) is 11.3 Å². The van der Waals surface area contributed by atoms with Crippen LogP contribution in [0.5, 0.6) is 0 Å². The first kappa shape index (κ1) is 10.6. The van der Waals surface area contributed by atoms with Gasteiger partial charge in [-0.25, -0.2) is 0 Å². The van der Waals surface area contributed by atoms with Crippen LogP contribution in [0.15, 0.2) is 12.1 Å². The van der Waals surface area contributed by atoms with Gasteiger partial charge in [0.1, 0.15) is 10.9 Å². The van der Waals surface area contributed by atoms with Crippen LogP contribution < -0.4 is 5.32 Å². The number of nitriles is 1. The zero-order chi connectivity index (χ0) is 10.7. The minimum Gasteiger partial charge on any atom is -0.380 e. The molecule has 2 rings (SSSR count). The summed E-state index contributed by atoms with van der Waals surface area (Å²) in [4.78, 5) is 2.00. The van der Waals surface area contributed by atoms with Gasteiger partial charge in [-0.3, -0.25) is 0 Å². The highest BCUT2D eigenvalue weighted by Gasteiger charge is 2.32. The molecule has 80 valence electrons. The average Bonchev–Trinajstić information content (AvgIpc) is 2.63. The molecule has 1 aromatic rings. The van der Waals surface area contributed by atoms with Gasteiger partial charge in [-0.1, -0.05) is 6.92 Å². The van der Waals surface area contributed by atoms with Crippen LogP contribution >= 0.6 is 11.3 Å². The van der Waals surface area contributed by atoms with Crippen LogP contribution in [0, 0.1) is 16.7 Å². The number of nitrogens with one attached hydrogen (secondary N) is 1. The SMILES string of the molecule is CC1(CNCc2ccc(C#N)s2)COC1. The third-order valence-electron chi connectivity index (χ3n) is 2.52. The van der Waals surface area contributed by atoms with Crippen LogP contribution in [0.3, 0.4) is 0 Å². The molecule has 0 atom stereocenters. The Bertz CT molecular complexity index is 376. The Balaban J connectivity index is 1.76. The molecule has 1 aliphatic rings. The van der Waals surface area contributed by atoms with E-state index in [-0.39, 0.29) is 0 Å². The summed E-state index contributed by atoms with van der Waals surface area (Å²) >= 11 is 1.55. The third kappa shape index (κ3) is 2.57. The van der Waals surface area contributed by atoms with Gasteiger partial charge in [0.2, 0.25) is 0 Å². The Morgan fingerprint density at radius 1 is 1.60 bits per heavy atom. The number of ether oxygens (including phenoxy) is 1. The smallest absolute Gasteiger partial charge is 0.110 e. The molecule has 1 aromatic heterocycles. The molecule has 0 bridgehead atoms. The molecule has 1 N–H and O–H groups in total. The van der Waals surface area contributed by atoms with E-state index in [9.17, 15) is 0 Å². The summed E-state index contributed by atoms with van der Waals surface area (Å²) in [7, 11) is 0. The molecule has 0 unspecified atom stereocenters. The van der Waals surface area contributed by atoms with Crippen LogP contribution in [-0.2, 0) is 11.3 Å². The summed E-state index contributed by atoms with van der Waals surface area (Å²) in [5, 5.41) is 12.1. The summed E-state index contributed by atoms with van der Waals surface area (Å²) < 4.78 is 5.18. The van der Waals surface area contributed by atoms with Crippen molar-refractivity contribution in [1.29, 1.82) is 5.26 Å². The molecular weight excluding hydrogens is 208 g/mol. The largest absolute Gasteiger partial charge is 0.380 e. The quantitative estimate of drug-likeness (QED) is 0.844. The monoisotopic (exact) mass is 222 g/mol. The molecule has 15 heavy (non-hydrogen) atoms. The minimum atomic E-state index is 0.315. The van der Waals surface area contributed by atoms with Crippen molar-refractivity contribution in [3.63, 3.8) is 0 Å². The summed E-state index contributed by atoms with van der Waals surface area (Å²) in [6.45, 7) is 5.76. The fourth-order valence-corrected chi connectivity index (χ4v) is 2.35. The Kier molecular flexibility index (Phi) is 3.06. The van der Waals surface area contributed by atoms with E-state index in [1.807, 2.05) is 12.1 Å². The maximum Gasteiger partial charge on any atom is 0.110 e. The van der Waals surface area contributed by atoms with Gasteiger partial charge in [0.05, 0.1) is 13.2 Å². The molecule has 2 heterocycles. The zero-order valence-corrected chi connectivity index (χ0v) is 9.56. The lowest BCUT2D eigenvalue weighted by Crippen LogP contribution is -2.47. The van der Waals surface area contributed by atoms with Crippen molar-refractivity contribution >= 4 is 11.3 Å². The minimum absolute atomic E-state index is 0.315. The molecule has 0 aliphatic carbocycles. The molecule has 1 fully saturated rings. The Labute approximate surface area is 93.7 Å². The number of hydrogen-bond acceptors (Lipinski definition) is 4. The maximum atomic E-state index is 8.68. The summed E-state index contributed by atoms with van der Waals surface area (Å²) in [5.41, 5.74) is 0.315. The predicted octanol–water partition coefficient (Wildman–Crippen LogP) is 1.75. The van der Waals surface area contributed by atoms with E-state index in [0.29, 0.717) is 5.41 Å². The highest BCUT2D eigenvalue weighted by molar-refractivity contribution is 7.12. The van der Waals surface area contributed by atoms with Gasteiger partial charge in [-0.2, -0.15) is 5.26 Å². The summed E-state index contributed by atoms with van der Waals surface area (Å²) in [6.07, 6.45) is 0. The van der Waals surface area contributed by atoms with Gasteiger partial charge >= 0.3 is 0 Å². The topological polar surface area (TPSA) is 45.0 Å². The lowest BCUT2D eigenvalue weighted by molar-refractivity contribution is -0.0991. The lowest BCUT2D eigenvalue weighted by Gasteiger charge is -2.38. The van der Waals surface area contributed by atoms with Gasteiger partial charge in [0, 0.05) is 23.4 Å². The molecule has 0 saturated carbocycles. The van der Waals surface area contributed by atoms with E-state index in [1.54, 1.807) is 11.3 Å². The fraction of sp³-hybridized carbons (Fsp3) is 0.545. The Morgan fingerprint density at radius 2 is 2.40 bits per heavy atom. The highest BCUT2D eigenvalue weighted by atomic mass is 32.1. The second kappa shape index (κ2) is 4.31. The number of thiophene rings is 1. The van der Waals surface area contributed by atoms with Crippen molar-refractivity contribution < 1.29 is 4.74 Å². The van der Waals surface area contributed by atoms with Crippen LogP contribution in [0.25, 0.3) is 0 Å². The molecular formula is C11H14N2OS. The van der Waals surface area contributed by atoms with Crippen LogP contribution in [0.1, 0.15) is 16.7 Å². The van der Waals surface area contributed by atoms with Crippen LogP contribution in [0.2, 0.25) is 0 Å². The normalized spacial score (nSPS) is 18.1. The molecule has 0 spiro atoms. The fourth-order valence-electron chi connectivity index (χ4n) is 1.57. The van der Waals surface area contributed by atoms with E-state index in [0.717, 1.165) is 31.2 Å². The van der Waals surface area contributed by atoms with E-state index in [1.165, 1.54) is 4.88 Å². The lowest BCUT2D eigenvalue weighted by atomic mass is 9.89. The summed E-state index contributed by atoms with van der Waals surface area (Å²) in [6, 6.07) is 6.03. The van der Waals surface area contributed by atoms with Crippen molar-refractivity contribution in [1.82, 2.24) is 5.32 Å². The van der Waals surface area contributed by atoms with Gasteiger partial charge in [0.25, 0.3) is 0 Å². The first-order valence-corrected chi connectivity index (χ1v) is 5.81. The highest BCUT2D eigenvalue weighted by Crippen LogP contribution is 2.25. The van der Waals surface area contributed by atoms with Gasteiger partial charge < -0.3 is 10.1 Å². The number of nitrogens with zero attached hydrogens (tertiary/aromatic N) is 1. The maximum absolute atomic E-state index is 8.68.